The predicted molar refractivity (Wildman–Crippen MR) is 111 cm³/mol. The summed E-state index contributed by atoms with van der Waals surface area (Å²) in [6.07, 6.45) is 0.632. The molecule has 0 spiro atoms. The molecule has 27 heavy (non-hydrogen) atoms. The molecule has 4 N–H and O–H groups in total. The number of aliphatic imine (C=N–C) groups is 1. The highest BCUT2D eigenvalue weighted by Gasteiger charge is 2.04. The maximum absolute atomic E-state index is 11.5. The summed E-state index contributed by atoms with van der Waals surface area (Å²) in [4.78, 5) is 22.3. The molecule has 0 bridgehead atoms. The summed E-state index contributed by atoms with van der Waals surface area (Å²) in [7, 11) is 3.11. The number of hydrogen-bond acceptors (Lipinski definition) is 5. The third-order valence-corrected chi connectivity index (χ3v) is 2.99. The summed E-state index contributed by atoms with van der Waals surface area (Å²) in [6.45, 7) is 9.90. The fourth-order valence-corrected chi connectivity index (χ4v) is 1.90. The van der Waals surface area contributed by atoms with Crippen LogP contribution in [-0.2, 0) is 6.42 Å². The van der Waals surface area contributed by atoms with Gasteiger partial charge in [0.05, 0.1) is 14.2 Å². The van der Waals surface area contributed by atoms with Crippen LogP contribution in [0.5, 0.6) is 11.5 Å². The highest BCUT2D eigenvalue weighted by Crippen LogP contribution is 2.25. The number of H-pyrrole nitrogens is 1. The van der Waals surface area contributed by atoms with Gasteiger partial charge in [0.1, 0.15) is 11.5 Å². The van der Waals surface area contributed by atoms with E-state index < -0.39 is 0 Å². The molecule has 2 rings (SSSR count). The molecule has 0 atom stereocenters. The Hall–Kier alpha value is -3.03. The molecule has 0 aliphatic carbocycles. The van der Waals surface area contributed by atoms with Crippen LogP contribution in [-0.4, -0.2) is 30.1 Å². The number of benzene rings is 1. The van der Waals surface area contributed by atoms with Gasteiger partial charge in [0.25, 0.3) is 5.56 Å². The van der Waals surface area contributed by atoms with E-state index in [2.05, 4.69) is 20.3 Å². The summed E-state index contributed by atoms with van der Waals surface area (Å²) in [6, 6.07) is 6.64. The molecule has 0 saturated carbocycles. The van der Waals surface area contributed by atoms with Gasteiger partial charge in [-0.15, -0.1) is 0 Å². The molecule has 0 unspecified atom stereocenters. The number of nitrogens with two attached hydrogens (primary N) is 1. The lowest BCUT2D eigenvalue weighted by molar-refractivity contribution is 0.395. The van der Waals surface area contributed by atoms with Crippen LogP contribution >= 0.6 is 0 Å². The second-order valence-corrected chi connectivity index (χ2v) is 4.64. The molecule has 1 aromatic carbocycles. The Balaban J connectivity index is 0.00000158. The maximum atomic E-state index is 11.5. The third-order valence-electron chi connectivity index (χ3n) is 2.99. The molecular formula is C19H31N5O3. The summed E-state index contributed by atoms with van der Waals surface area (Å²) in [5.41, 5.74) is 6.86. The van der Waals surface area contributed by atoms with Crippen molar-refractivity contribution in [2.45, 2.75) is 41.0 Å². The van der Waals surface area contributed by atoms with Crippen molar-refractivity contribution in [1.29, 1.82) is 0 Å². The smallest absolute Gasteiger partial charge is 0.252 e. The van der Waals surface area contributed by atoms with Crippen LogP contribution < -0.4 is 26.1 Å². The van der Waals surface area contributed by atoms with E-state index in [0.717, 1.165) is 0 Å². The standard InChI is InChI=1S/C15H19N5O3.2C2H6/c1-4-9-7-13(21)19-15(18-9)20-14(16)17-10-5-11(22-2)8-12(6-10)23-3;2*1-2/h5-8H,4H2,1-3H3,(H4,16,17,18,19,20,21);2*1-2H3. The zero-order valence-corrected chi connectivity index (χ0v) is 17.2. The number of hydrogen-bond donors (Lipinski definition) is 3. The molecule has 0 radical (unpaired) electrons. The Bertz CT molecular complexity index is 750. The van der Waals surface area contributed by atoms with E-state index in [1.807, 2.05) is 34.6 Å². The van der Waals surface area contributed by atoms with Gasteiger partial charge in [-0.1, -0.05) is 34.6 Å². The minimum atomic E-state index is -0.272. The number of aromatic amines is 1. The number of nitrogens with one attached hydrogen (secondary N) is 2. The van der Waals surface area contributed by atoms with Crippen molar-refractivity contribution in [3.05, 3.63) is 40.3 Å². The first-order valence-electron chi connectivity index (χ1n) is 8.98. The monoisotopic (exact) mass is 377 g/mol. The molecule has 2 aromatic rings. The van der Waals surface area contributed by atoms with Crippen LogP contribution in [0.4, 0.5) is 11.6 Å². The van der Waals surface area contributed by atoms with Gasteiger partial charge >= 0.3 is 0 Å². The zero-order chi connectivity index (χ0) is 20.8. The van der Waals surface area contributed by atoms with Gasteiger partial charge in [-0.05, 0) is 6.42 Å². The molecule has 0 saturated heterocycles. The van der Waals surface area contributed by atoms with Crippen LogP contribution in [0.25, 0.3) is 0 Å². The molecule has 0 amide bonds. The lowest BCUT2D eigenvalue weighted by atomic mass is 10.3. The Morgan fingerprint density at radius 2 is 1.67 bits per heavy atom. The Kier molecular flexibility index (Phi) is 11.7. The molecule has 8 heteroatoms. The first kappa shape index (κ1) is 24.0. The van der Waals surface area contributed by atoms with Gasteiger partial charge in [0.2, 0.25) is 11.9 Å². The van der Waals surface area contributed by atoms with E-state index in [4.69, 9.17) is 15.2 Å². The number of guanidine groups is 1. The molecule has 1 aromatic heterocycles. The number of ether oxygens (including phenoxy) is 2. The van der Waals surface area contributed by atoms with Crippen LogP contribution in [0.1, 0.15) is 40.3 Å². The highest BCUT2D eigenvalue weighted by molar-refractivity contribution is 5.93. The van der Waals surface area contributed by atoms with Crippen molar-refractivity contribution in [3.63, 3.8) is 0 Å². The van der Waals surface area contributed by atoms with E-state index in [0.29, 0.717) is 29.3 Å². The predicted octanol–water partition coefficient (Wildman–Crippen LogP) is 3.46. The van der Waals surface area contributed by atoms with Crippen LogP contribution in [0.2, 0.25) is 0 Å². The lowest BCUT2D eigenvalue weighted by Gasteiger charge is -2.10. The topological polar surface area (TPSA) is 115 Å². The molecule has 0 aliphatic rings. The Labute approximate surface area is 160 Å². The Morgan fingerprint density at radius 3 is 2.15 bits per heavy atom. The van der Waals surface area contributed by atoms with Crippen LogP contribution in [0.3, 0.4) is 0 Å². The van der Waals surface area contributed by atoms with Gasteiger partial charge in [-0.3, -0.25) is 9.78 Å². The Morgan fingerprint density at radius 1 is 1.11 bits per heavy atom. The number of aryl methyl sites for hydroxylation is 1. The van der Waals surface area contributed by atoms with Crippen molar-refractivity contribution in [2.24, 2.45) is 10.7 Å². The molecule has 0 fully saturated rings. The van der Waals surface area contributed by atoms with Crippen molar-refractivity contribution >= 4 is 17.6 Å². The largest absolute Gasteiger partial charge is 0.497 e. The number of rotatable bonds is 5. The fourth-order valence-electron chi connectivity index (χ4n) is 1.90. The minimum Gasteiger partial charge on any atom is -0.497 e. The van der Waals surface area contributed by atoms with Crippen LogP contribution in [0, 0.1) is 0 Å². The number of methoxy groups -OCH3 is 2. The second kappa shape index (κ2) is 13.2. The summed E-state index contributed by atoms with van der Waals surface area (Å²) in [5, 5.41) is 2.90. The van der Waals surface area contributed by atoms with Gasteiger partial charge in [0.15, 0.2) is 0 Å². The second-order valence-electron chi connectivity index (χ2n) is 4.64. The number of aromatic nitrogens is 2. The van der Waals surface area contributed by atoms with E-state index in [-0.39, 0.29) is 17.5 Å². The summed E-state index contributed by atoms with van der Waals surface area (Å²) < 4.78 is 10.4. The minimum absolute atomic E-state index is 0.0803. The molecule has 0 aliphatic heterocycles. The van der Waals surface area contributed by atoms with Crippen molar-refractivity contribution in [3.8, 4) is 11.5 Å². The SMILES string of the molecule is CC.CC.CCc1cc(=O)[nH]c(/N=C(\N)Nc2cc(OC)cc(OC)c2)n1. The molecule has 150 valence electrons. The van der Waals surface area contributed by atoms with Crippen molar-refractivity contribution in [2.75, 3.05) is 19.5 Å². The van der Waals surface area contributed by atoms with Gasteiger partial charge in [0, 0.05) is 35.6 Å². The van der Waals surface area contributed by atoms with Crippen LogP contribution in [0.15, 0.2) is 34.1 Å². The van der Waals surface area contributed by atoms with Gasteiger partial charge in [-0.25, -0.2) is 4.98 Å². The van der Waals surface area contributed by atoms with Gasteiger partial charge in [-0.2, -0.15) is 4.99 Å². The molecule has 1 heterocycles. The van der Waals surface area contributed by atoms with E-state index in [9.17, 15) is 4.79 Å². The number of anilines is 1. The highest BCUT2D eigenvalue weighted by atomic mass is 16.5. The van der Waals surface area contributed by atoms with Crippen molar-refractivity contribution in [1.82, 2.24) is 9.97 Å². The first-order valence-corrected chi connectivity index (χ1v) is 8.98. The third kappa shape index (κ3) is 8.26. The van der Waals surface area contributed by atoms with Gasteiger partial charge < -0.3 is 20.5 Å². The van der Waals surface area contributed by atoms with E-state index >= 15 is 0 Å². The quantitative estimate of drug-likeness (QED) is 0.543. The van der Waals surface area contributed by atoms with E-state index in [1.165, 1.54) is 6.07 Å². The zero-order valence-electron chi connectivity index (χ0n) is 17.2. The lowest BCUT2D eigenvalue weighted by Crippen LogP contribution is -2.22. The average Bonchev–Trinajstić information content (AvgIpc) is 2.70. The fraction of sp³-hybridized carbons (Fsp3) is 0.421. The summed E-state index contributed by atoms with van der Waals surface area (Å²) >= 11 is 0. The molecule has 8 nitrogen and oxygen atoms in total. The van der Waals surface area contributed by atoms with E-state index in [1.54, 1.807) is 32.4 Å². The van der Waals surface area contributed by atoms with Crippen molar-refractivity contribution < 1.29 is 9.47 Å². The summed E-state index contributed by atoms with van der Waals surface area (Å²) in [5.74, 6) is 1.45. The molecular weight excluding hydrogens is 346 g/mol. The first-order chi connectivity index (χ1) is 13.0. The number of nitrogens with zero attached hydrogens (tertiary/aromatic N) is 2. The maximum Gasteiger partial charge on any atom is 0.252 e. The average molecular weight is 377 g/mol. The normalized spacial score (nSPS) is 9.96.